The third-order valence-corrected chi connectivity index (χ3v) is 5.46. The quantitative estimate of drug-likeness (QED) is 0.603. The van der Waals surface area contributed by atoms with Gasteiger partial charge in [0.15, 0.2) is 11.5 Å². The zero-order valence-corrected chi connectivity index (χ0v) is 18.0. The van der Waals surface area contributed by atoms with E-state index in [0.29, 0.717) is 31.5 Å². The third kappa shape index (κ3) is 5.40. The van der Waals surface area contributed by atoms with E-state index in [1.165, 1.54) is 48.8 Å². The van der Waals surface area contributed by atoms with E-state index in [0.717, 1.165) is 12.1 Å². The first-order valence-electron chi connectivity index (χ1n) is 10.6. The van der Waals surface area contributed by atoms with Crippen LogP contribution in [-0.4, -0.2) is 51.7 Å². The van der Waals surface area contributed by atoms with Crippen LogP contribution in [0.4, 0.5) is 14.6 Å². The second-order valence-corrected chi connectivity index (χ2v) is 7.76. The Bertz CT molecular complexity index is 1190. The molecule has 1 aliphatic rings. The highest BCUT2D eigenvalue weighted by Crippen LogP contribution is 2.17. The molecular formula is C24H21F2N5O3. The number of piperidine rings is 1. The maximum Gasteiger partial charge on any atom is 0.273 e. The molecule has 0 saturated carbocycles. The summed E-state index contributed by atoms with van der Waals surface area (Å²) < 4.78 is 26.2. The molecule has 2 aromatic carbocycles. The molecule has 8 nitrogen and oxygen atoms in total. The molecule has 0 spiro atoms. The average Bonchev–Trinajstić information content (AvgIpc) is 2.85. The van der Waals surface area contributed by atoms with E-state index >= 15 is 0 Å². The van der Waals surface area contributed by atoms with Crippen LogP contribution in [0.15, 0.2) is 60.9 Å². The molecule has 0 unspecified atom stereocenters. The Kier molecular flexibility index (Phi) is 6.86. The molecule has 3 aromatic rings. The number of likely N-dealkylation sites (tertiary alicyclic amines) is 1. The Labute approximate surface area is 194 Å². The summed E-state index contributed by atoms with van der Waals surface area (Å²) in [6.45, 7) is 0.853. The fraction of sp³-hybridized carbons (Fsp3) is 0.208. The van der Waals surface area contributed by atoms with Crippen molar-refractivity contribution in [3.05, 3.63) is 89.4 Å². The van der Waals surface area contributed by atoms with E-state index in [4.69, 9.17) is 0 Å². The van der Waals surface area contributed by atoms with Crippen molar-refractivity contribution in [3.8, 4) is 0 Å². The summed E-state index contributed by atoms with van der Waals surface area (Å²) >= 11 is 0. The minimum absolute atomic E-state index is 0.0155. The summed E-state index contributed by atoms with van der Waals surface area (Å²) in [7, 11) is 0. The molecule has 0 radical (unpaired) electrons. The van der Waals surface area contributed by atoms with Gasteiger partial charge in [0.25, 0.3) is 17.7 Å². The first kappa shape index (κ1) is 23.0. The summed E-state index contributed by atoms with van der Waals surface area (Å²) in [5.41, 5.74) is 0.560. The molecule has 0 aliphatic carbocycles. The summed E-state index contributed by atoms with van der Waals surface area (Å²) in [5.74, 6) is -2.15. The number of rotatable bonds is 5. The SMILES string of the molecule is O=C(Nc1nccnc1C(=O)NC1CCN(C(=O)c2ccc(F)cc2)CC1)c1ccc(F)cc1. The number of amides is 3. The molecule has 10 heteroatoms. The Balaban J connectivity index is 1.35. The van der Waals surface area contributed by atoms with Crippen LogP contribution in [-0.2, 0) is 0 Å². The minimum atomic E-state index is -0.554. The standard InChI is InChI=1S/C24H21F2N5O3/c25-17-5-1-15(2-6-17)22(32)30-21-20(27-11-12-28-21)23(33)29-19-9-13-31(14-10-19)24(34)16-3-7-18(26)8-4-16/h1-8,11-12,19H,9-10,13-14H2,(H,29,33)(H,28,30,32). The second-order valence-electron chi connectivity index (χ2n) is 7.76. The molecule has 1 saturated heterocycles. The second kappa shape index (κ2) is 10.2. The summed E-state index contributed by atoms with van der Waals surface area (Å²) in [5, 5.41) is 5.41. The van der Waals surface area contributed by atoms with Gasteiger partial charge in [-0.3, -0.25) is 14.4 Å². The highest BCUT2D eigenvalue weighted by Gasteiger charge is 2.26. The van der Waals surface area contributed by atoms with Crippen LogP contribution < -0.4 is 10.6 Å². The molecule has 1 fully saturated rings. The molecule has 2 N–H and O–H groups in total. The number of nitrogens with zero attached hydrogens (tertiary/aromatic N) is 3. The van der Waals surface area contributed by atoms with E-state index in [1.807, 2.05) is 0 Å². The van der Waals surface area contributed by atoms with Crippen LogP contribution in [0, 0.1) is 11.6 Å². The number of halogens is 2. The number of aromatic nitrogens is 2. The van der Waals surface area contributed by atoms with Crippen molar-refractivity contribution in [2.45, 2.75) is 18.9 Å². The first-order chi connectivity index (χ1) is 16.4. The zero-order valence-electron chi connectivity index (χ0n) is 18.0. The molecule has 34 heavy (non-hydrogen) atoms. The molecule has 174 valence electrons. The van der Waals surface area contributed by atoms with Crippen LogP contribution in [0.5, 0.6) is 0 Å². The van der Waals surface area contributed by atoms with Gasteiger partial charge in [0.05, 0.1) is 0 Å². The van der Waals surface area contributed by atoms with Crippen molar-refractivity contribution in [3.63, 3.8) is 0 Å². The van der Waals surface area contributed by atoms with E-state index in [-0.39, 0.29) is 29.0 Å². The lowest BCUT2D eigenvalue weighted by molar-refractivity contribution is 0.0697. The van der Waals surface area contributed by atoms with Crippen molar-refractivity contribution < 1.29 is 23.2 Å². The number of nitrogens with one attached hydrogen (secondary N) is 2. The predicted molar refractivity (Wildman–Crippen MR) is 119 cm³/mol. The molecule has 0 bridgehead atoms. The summed E-state index contributed by atoms with van der Waals surface area (Å²) in [4.78, 5) is 47.6. The molecule has 4 rings (SSSR count). The Morgan fingerprint density at radius 1 is 0.794 bits per heavy atom. The number of carbonyl (C=O) groups is 3. The van der Waals surface area contributed by atoms with Gasteiger partial charge in [-0.25, -0.2) is 18.7 Å². The lowest BCUT2D eigenvalue weighted by Crippen LogP contribution is -2.46. The van der Waals surface area contributed by atoms with Crippen LogP contribution in [0.1, 0.15) is 44.0 Å². The number of benzene rings is 2. The predicted octanol–water partition coefficient (Wildman–Crippen LogP) is 3.04. The average molecular weight is 465 g/mol. The zero-order chi connectivity index (χ0) is 24.1. The largest absolute Gasteiger partial charge is 0.348 e. The van der Waals surface area contributed by atoms with E-state index < -0.39 is 23.4 Å². The monoisotopic (exact) mass is 465 g/mol. The van der Waals surface area contributed by atoms with Gasteiger partial charge in [-0.1, -0.05) is 0 Å². The number of hydrogen-bond acceptors (Lipinski definition) is 5. The number of anilines is 1. The van der Waals surface area contributed by atoms with Crippen molar-refractivity contribution in [2.24, 2.45) is 0 Å². The topological polar surface area (TPSA) is 104 Å². The van der Waals surface area contributed by atoms with Crippen molar-refractivity contribution in [1.29, 1.82) is 0 Å². The maximum absolute atomic E-state index is 13.1. The molecule has 2 heterocycles. The number of carbonyl (C=O) groups excluding carboxylic acids is 3. The van der Waals surface area contributed by atoms with Crippen molar-refractivity contribution in [1.82, 2.24) is 20.2 Å². The highest BCUT2D eigenvalue weighted by atomic mass is 19.1. The lowest BCUT2D eigenvalue weighted by atomic mass is 10.0. The van der Waals surface area contributed by atoms with Gasteiger partial charge in [-0.2, -0.15) is 0 Å². The Morgan fingerprint density at radius 3 is 1.97 bits per heavy atom. The van der Waals surface area contributed by atoms with Crippen LogP contribution in [0.2, 0.25) is 0 Å². The third-order valence-electron chi connectivity index (χ3n) is 5.46. The van der Waals surface area contributed by atoms with Gasteiger partial charge in [-0.15, -0.1) is 0 Å². The molecular weight excluding hydrogens is 444 g/mol. The van der Waals surface area contributed by atoms with Gasteiger partial charge in [-0.05, 0) is 61.4 Å². The molecule has 3 amide bonds. The van der Waals surface area contributed by atoms with Gasteiger partial charge in [0.1, 0.15) is 11.6 Å². The van der Waals surface area contributed by atoms with Gasteiger partial charge < -0.3 is 15.5 Å². The van der Waals surface area contributed by atoms with E-state index in [2.05, 4.69) is 20.6 Å². The molecule has 1 aromatic heterocycles. The van der Waals surface area contributed by atoms with Crippen LogP contribution in [0.3, 0.4) is 0 Å². The van der Waals surface area contributed by atoms with Gasteiger partial charge >= 0.3 is 0 Å². The lowest BCUT2D eigenvalue weighted by Gasteiger charge is -2.32. The maximum atomic E-state index is 13.1. The minimum Gasteiger partial charge on any atom is -0.348 e. The summed E-state index contributed by atoms with van der Waals surface area (Å²) in [6, 6.07) is 10.1. The van der Waals surface area contributed by atoms with Gasteiger partial charge in [0.2, 0.25) is 0 Å². The van der Waals surface area contributed by atoms with Crippen molar-refractivity contribution in [2.75, 3.05) is 18.4 Å². The molecule has 0 atom stereocenters. The summed E-state index contributed by atoms with van der Waals surface area (Å²) in [6.07, 6.45) is 3.73. The molecule has 1 aliphatic heterocycles. The van der Waals surface area contributed by atoms with Gasteiger partial charge in [0, 0.05) is 42.7 Å². The number of hydrogen-bond donors (Lipinski definition) is 2. The first-order valence-corrected chi connectivity index (χ1v) is 10.6. The Morgan fingerprint density at radius 2 is 1.35 bits per heavy atom. The van der Waals surface area contributed by atoms with E-state index in [1.54, 1.807) is 4.90 Å². The fourth-order valence-corrected chi connectivity index (χ4v) is 3.63. The Hall–Kier alpha value is -4.21. The highest BCUT2D eigenvalue weighted by molar-refractivity contribution is 6.07. The normalized spacial score (nSPS) is 13.9. The van der Waals surface area contributed by atoms with Crippen molar-refractivity contribution >= 4 is 23.5 Å². The van der Waals surface area contributed by atoms with Crippen LogP contribution >= 0.6 is 0 Å². The van der Waals surface area contributed by atoms with Crippen LogP contribution in [0.25, 0.3) is 0 Å². The smallest absolute Gasteiger partial charge is 0.273 e. The van der Waals surface area contributed by atoms with E-state index in [9.17, 15) is 23.2 Å². The fourth-order valence-electron chi connectivity index (χ4n) is 3.63.